The van der Waals surface area contributed by atoms with Crippen molar-refractivity contribution in [2.24, 2.45) is 0 Å². The highest BCUT2D eigenvalue weighted by molar-refractivity contribution is 7.90. The fourth-order valence-corrected chi connectivity index (χ4v) is 1.77. The number of rotatable bonds is 3. The summed E-state index contributed by atoms with van der Waals surface area (Å²) in [4.78, 5) is 0. The van der Waals surface area contributed by atoms with Crippen LogP contribution in [0, 0.1) is 11.3 Å². The summed E-state index contributed by atoms with van der Waals surface area (Å²) in [5.41, 5.74) is -1.62. The van der Waals surface area contributed by atoms with Gasteiger partial charge in [0.2, 0.25) is 0 Å². The minimum absolute atomic E-state index is 0.204. The van der Waals surface area contributed by atoms with E-state index >= 15 is 0 Å². The van der Waals surface area contributed by atoms with Crippen LogP contribution in [0.5, 0.6) is 0 Å². The molecule has 0 fully saturated rings. The molecular weight excluding hydrogens is 283 g/mol. The number of hydrogen-bond acceptors (Lipinski definition) is 3. The third-order valence-corrected chi connectivity index (χ3v) is 3.63. The van der Waals surface area contributed by atoms with Gasteiger partial charge in [0.1, 0.15) is 6.07 Å². The normalized spacial score (nSPS) is 12.3. The minimum Gasteiger partial charge on any atom is -0.270 e. The Labute approximate surface area is 108 Å². The highest BCUT2D eigenvalue weighted by atomic mass is 32.2. The van der Waals surface area contributed by atoms with E-state index in [0.717, 1.165) is 10.4 Å². The summed E-state index contributed by atoms with van der Waals surface area (Å²) in [6.07, 6.45) is -4.59. The second-order valence-electron chi connectivity index (χ2n) is 3.76. The van der Waals surface area contributed by atoms with Crippen molar-refractivity contribution in [2.75, 3.05) is 18.8 Å². The Kier molecular flexibility index (Phi) is 4.07. The van der Waals surface area contributed by atoms with E-state index in [1.807, 2.05) is 4.72 Å². The Bertz CT molecular complexity index is 618. The van der Waals surface area contributed by atoms with Crippen LogP contribution in [0.2, 0.25) is 0 Å². The monoisotopic (exact) mass is 293 g/mol. The Balaban J connectivity index is 3.23. The van der Waals surface area contributed by atoms with E-state index in [9.17, 15) is 21.6 Å². The lowest BCUT2D eigenvalue weighted by Crippen LogP contribution is -2.29. The first-order chi connectivity index (χ1) is 8.58. The average Bonchev–Trinajstić information content (AvgIpc) is 2.27. The van der Waals surface area contributed by atoms with Crippen LogP contribution >= 0.6 is 0 Å². The quantitative estimate of drug-likeness (QED) is 0.923. The third kappa shape index (κ3) is 3.59. The number of nitrogens with zero attached hydrogens (tertiary/aromatic N) is 2. The molecule has 0 heterocycles. The molecule has 0 aliphatic rings. The molecule has 0 radical (unpaired) electrons. The van der Waals surface area contributed by atoms with Gasteiger partial charge in [0.15, 0.2) is 0 Å². The van der Waals surface area contributed by atoms with Gasteiger partial charge in [-0.15, -0.1) is 0 Å². The smallest absolute Gasteiger partial charge is 0.270 e. The summed E-state index contributed by atoms with van der Waals surface area (Å²) in [5.74, 6) is 0. The molecule has 0 saturated carbocycles. The minimum atomic E-state index is -4.59. The fourth-order valence-electron chi connectivity index (χ4n) is 1.13. The lowest BCUT2D eigenvalue weighted by Gasteiger charge is -2.15. The molecule has 0 aliphatic carbocycles. The van der Waals surface area contributed by atoms with E-state index in [1.54, 1.807) is 0 Å². The molecule has 5 nitrogen and oxygen atoms in total. The lowest BCUT2D eigenvalue weighted by atomic mass is 10.1. The molecule has 1 aromatic carbocycles. The molecule has 0 unspecified atom stereocenters. The maximum Gasteiger partial charge on any atom is 0.416 e. The Hall–Kier alpha value is -1.79. The van der Waals surface area contributed by atoms with Gasteiger partial charge in [-0.2, -0.15) is 31.2 Å². The van der Waals surface area contributed by atoms with Crippen LogP contribution < -0.4 is 4.72 Å². The van der Waals surface area contributed by atoms with E-state index < -0.39 is 27.5 Å². The van der Waals surface area contributed by atoms with E-state index in [1.165, 1.54) is 20.2 Å². The topological polar surface area (TPSA) is 73.2 Å². The number of nitriles is 1. The molecular formula is C10H10F3N3O2S. The summed E-state index contributed by atoms with van der Waals surface area (Å²) >= 11 is 0. The van der Waals surface area contributed by atoms with E-state index in [4.69, 9.17) is 5.26 Å². The molecule has 9 heteroatoms. The van der Waals surface area contributed by atoms with Crippen LogP contribution in [-0.2, 0) is 16.4 Å². The fraction of sp³-hybridized carbons (Fsp3) is 0.300. The van der Waals surface area contributed by atoms with Crippen molar-refractivity contribution in [1.29, 1.82) is 5.26 Å². The number of benzene rings is 1. The molecule has 0 spiro atoms. The summed E-state index contributed by atoms with van der Waals surface area (Å²) in [6, 6.07) is 3.72. The summed E-state index contributed by atoms with van der Waals surface area (Å²) < 4.78 is 63.3. The van der Waals surface area contributed by atoms with E-state index in [0.29, 0.717) is 12.1 Å². The third-order valence-electron chi connectivity index (χ3n) is 2.19. The average molecular weight is 293 g/mol. The first-order valence-electron chi connectivity index (χ1n) is 4.89. The molecule has 0 amide bonds. The molecule has 0 aliphatic heterocycles. The SMILES string of the molecule is CN(C)S(=O)(=O)Nc1ccc(C(F)(F)F)cc1C#N. The highest BCUT2D eigenvalue weighted by Gasteiger charge is 2.31. The molecule has 19 heavy (non-hydrogen) atoms. The first-order valence-corrected chi connectivity index (χ1v) is 6.33. The van der Waals surface area contributed by atoms with Crippen molar-refractivity contribution in [3.05, 3.63) is 29.3 Å². The Morgan fingerprint density at radius 1 is 1.32 bits per heavy atom. The second-order valence-corrected chi connectivity index (χ2v) is 5.64. The number of hydrogen-bond donors (Lipinski definition) is 1. The number of halogens is 3. The second kappa shape index (κ2) is 5.07. The van der Waals surface area contributed by atoms with Crippen molar-refractivity contribution in [2.45, 2.75) is 6.18 Å². The van der Waals surface area contributed by atoms with Crippen molar-refractivity contribution >= 4 is 15.9 Å². The first kappa shape index (κ1) is 15.3. The van der Waals surface area contributed by atoms with Gasteiger partial charge in [0, 0.05) is 14.1 Å². The van der Waals surface area contributed by atoms with Crippen LogP contribution in [0.4, 0.5) is 18.9 Å². The van der Waals surface area contributed by atoms with Crippen LogP contribution in [-0.4, -0.2) is 26.8 Å². The maximum atomic E-state index is 12.4. The van der Waals surface area contributed by atoms with Crippen LogP contribution in [0.1, 0.15) is 11.1 Å². The van der Waals surface area contributed by atoms with Crippen molar-refractivity contribution < 1.29 is 21.6 Å². The molecule has 1 rings (SSSR count). The largest absolute Gasteiger partial charge is 0.416 e. The van der Waals surface area contributed by atoms with Crippen LogP contribution in [0.15, 0.2) is 18.2 Å². The molecule has 104 valence electrons. The van der Waals surface area contributed by atoms with Crippen molar-refractivity contribution in [3.8, 4) is 6.07 Å². The molecule has 0 bridgehead atoms. The van der Waals surface area contributed by atoms with Gasteiger partial charge in [-0.1, -0.05) is 0 Å². The summed E-state index contributed by atoms with van der Waals surface area (Å²) in [6.45, 7) is 0. The highest BCUT2D eigenvalue weighted by Crippen LogP contribution is 2.31. The van der Waals surface area contributed by atoms with Crippen molar-refractivity contribution in [3.63, 3.8) is 0 Å². The number of nitrogens with one attached hydrogen (secondary N) is 1. The molecule has 1 N–H and O–H groups in total. The van der Waals surface area contributed by atoms with Gasteiger partial charge in [-0.05, 0) is 18.2 Å². The van der Waals surface area contributed by atoms with Gasteiger partial charge in [0.05, 0.1) is 16.8 Å². The zero-order valence-corrected chi connectivity index (χ0v) is 10.8. The molecule has 0 saturated heterocycles. The van der Waals surface area contributed by atoms with E-state index in [-0.39, 0.29) is 5.69 Å². The summed E-state index contributed by atoms with van der Waals surface area (Å²) in [5, 5.41) is 8.78. The van der Waals surface area contributed by atoms with Gasteiger partial charge >= 0.3 is 16.4 Å². The lowest BCUT2D eigenvalue weighted by molar-refractivity contribution is -0.137. The molecule has 0 atom stereocenters. The van der Waals surface area contributed by atoms with Crippen molar-refractivity contribution in [1.82, 2.24) is 4.31 Å². The predicted molar refractivity (Wildman–Crippen MR) is 62.4 cm³/mol. The van der Waals surface area contributed by atoms with E-state index in [2.05, 4.69) is 0 Å². The predicted octanol–water partition coefficient (Wildman–Crippen LogP) is 1.80. The zero-order valence-electron chi connectivity index (χ0n) is 9.99. The van der Waals surface area contributed by atoms with Gasteiger partial charge < -0.3 is 0 Å². The van der Waals surface area contributed by atoms with Crippen LogP contribution in [0.3, 0.4) is 0 Å². The Morgan fingerprint density at radius 3 is 2.32 bits per heavy atom. The zero-order chi connectivity index (χ0) is 14.8. The molecule has 0 aromatic heterocycles. The number of anilines is 1. The molecule has 1 aromatic rings. The van der Waals surface area contributed by atoms with Gasteiger partial charge in [0.25, 0.3) is 0 Å². The Morgan fingerprint density at radius 2 is 1.89 bits per heavy atom. The maximum absolute atomic E-state index is 12.4. The standard InChI is InChI=1S/C10H10F3N3O2S/c1-16(2)19(17,18)15-9-4-3-8(10(11,12)13)5-7(9)6-14/h3-5,15H,1-2H3. The summed E-state index contributed by atoms with van der Waals surface area (Å²) in [7, 11) is -1.38. The van der Waals surface area contributed by atoms with Gasteiger partial charge in [-0.3, -0.25) is 4.72 Å². The van der Waals surface area contributed by atoms with Gasteiger partial charge in [-0.25, -0.2) is 0 Å². The van der Waals surface area contributed by atoms with Crippen LogP contribution in [0.25, 0.3) is 0 Å². The number of alkyl halides is 3.